The number of rotatable bonds is 8. The van der Waals surface area contributed by atoms with Gasteiger partial charge in [-0.25, -0.2) is 0 Å². The molecule has 1 aromatic carbocycles. The molecule has 0 spiro atoms. The van der Waals surface area contributed by atoms with Gasteiger partial charge in [-0.1, -0.05) is 43.3 Å². The van der Waals surface area contributed by atoms with Crippen LogP contribution < -0.4 is 10.6 Å². The van der Waals surface area contributed by atoms with Gasteiger partial charge in [-0.2, -0.15) is 0 Å². The number of hydrogen-bond acceptors (Lipinski definition) is 4. The van der Waals surface area contributed by atoms with Crippen LogP contribution in [-0.4, -0.2) is 29.1 Å². The van der Waals surface area contributed by atoms with Gasteiger partial charge in [-0.15, -0.1) is 0 Å². The molecule has 0 saturated carbocycles. The molecule has 0 radical (unpaired) electrons. The quantitative estimate of drug-likeness (QED) is 0.715. The summed E-state index contributed by atoms with van der Waals surface area (Å²) in [5.41, 5.74) is 1.50. The minimum atomic E-state index is -0.843. The fourth-order valence-electron chi connectivity index (χ4n) is 2.38. The Morgan fingerprint density at radius 2 is 1.88 bits per heavy atom. The third-order valence-electron chi connectivity index (χ3n) is 3.69. The molecule has 2 unspecified atom stereocenters. The standard InChI is InChI=1S/C19H21N3O3/c1-2-17(24)22-18(15-8-4-3-5-9-15)19(25)21-16(13-23)11-14-7-6-10-20-12-14/h3-10,12-13,16,18H,2,11H2,1H3,(H,21,25)(H,22,24). The first-order chi connectivity index (χ1) is 12.1. The molecular weight excluding hydrogens is 318 g/mol. The zero-order valence-corrected chi connectivity index (χ0v) is 14.0. The van der Waals surface area contributed by atoms with E-state index in [1.54, 1.807) is 49.6 Å². The highest BCUT2D eigenvalue weighted by Crippen LogP contribution is 2.13. The lowest BCUT2D eigenvalue weighted by molar-refractivity contribution is -0.130. The fourth-order valence-corrected chi connectivity index (χ4v) is 2.38. The van der Waals surface area contributed by atoms with Crippen LogP contribution in [0, 0.1) is 0 Å². The van der Waals surface area contributed by atoms with E-state index in [4.69, 9.17) is 0 Å². The van der Waals surface area contributed by atoms with Gasteiger partial charge in [0.15, 0.2) is 0 Å². The van der Waals surface area contributed by atoms with E-state index in [0.717, 1.165) is 5.56 Å². The predicted octanol–water partition coefficient (Wildman–Crippen LogP) is 1.58. The van der Waals surface area contributed by atoms with Crippen molar-refractivity contribution in [2.75, 3.05) is 0 Å². The summed E-state index contributed by atoms with van der Waals surface area (Å²) in [5.74, 6) is -0.659. The second kappa shape index (κ2) is 9.32. The molecule has 0 fully saturated rings. The van der Waals surface area contributed by atoms with Crippen LogP contribution in [0.3, 0.4) is 0 Å². The number of pyridine rings is 1. The normalized spacial score (nSPS) is 12.7. The Morgan fingerprint density at radius 3 is 2.48 bits per heavy atom. The highest BCUT2D eigenvalue weighted by atomic mass is 16.2. The molecule has 2 aromatic rings. The van der Waals surface area contributed by atoms with E-state index < -0.39 is 18.0 Å². The molecule has 2 amide bonds. The van der Waals surface area contributed by atoms with Gasteiger partial charge in [-0.3, -0.25) is 14.6 Å². The Kier molecular flexibility index (Phi) is 6.83. The van der Waals surface area contributed by atoms with Gasteiger partial charge in [0, 0.05) is 25.2 Å². The molecule has 25 heavy (non-hydrogen) atoms. The van der Waals surface area contributed by atoms with Gasteiger partial charge < -0.3 is 15.4 Å². The number of nitrogens with one attached hydrogen (secondary N) is 2. The molecule has 6 nitrogen and oxygen atoms in total. The number of aldehydes is 1. The third kappa shape index (κ3) is 5.53. The Morgan fingerprint density at radius 1 is 1.12 bits per heavy atom. The van der Waals surface area contributed by atoms with Crippen LogP contribution in [0.25, 0.3) is 0 Å². The monoisotopic (exact) mass is 339 g/mol. The smallest absolute Gasteiger partial charge is 0.247 e. The number of carbonyl (C=O) groups excluding carboxylic acids is 3. The molecule has 0 aliphatic carbocycles. The lowest BCUT2D eigenvalue weighted by Gasteiger charge is -2.21. The van der Waals surface area contributed by atoms with Crippen LogP contribution in [0.2, 0.25) is 0 Å². The number of carbonyl (C=O) groups is 3. The molecular formula is C19H21N3O3. The van der Waals surface area contributed by atoms with Crippen molar-refractivity contribution in [3.05, 3.63) is 66.0 Å². The molecule has 2 rings (SSSR count). The van der Waals surface area contributed by atoms with Crippen LogP contribution in [0.5, 0.6) is 0 Å². The Balaban J connectivity index is 2.12. The van der Waals surface area contributed by atoms with E-state index in [1.165, 1.54) is 0 Å². The number of aromatic nitrogens is 1. The highest BCUT2D eigenvalue weighted by Gasteiger charge is 2.24. The summed E-state index contributed by atoms with van der Waals surface area (Å²) in [5, 5.41) is 5.39. The summed E-state index contributed by atoms with van der Waals surface area (Å²) in [6, 6.07) is 11.0. The topological polar surface area (TPSA) is 88.2 Å². The summed E-state index contributed by atoms with van der Waals surface area (Å²) >= 11 is 0. The lowest BCUT2D eigenvalue weighted by atomic mass is 10.0. The van der Waals surface area contributed by atoms with Gasteiger partial charge in [0.05, 0.1) is 6.04 Å². The maximum atomic E-state index is 12.7. The van der Waals surface area contributed by atoms with Crippen LogP contribution in [0.1, 0.15) is 30.5 Å². The number of benzene rings is 1. The summed E-state index contributed by atoms with van der Waals surface area (Å²) in [6.07, 6.45) is 4.59. The fraction of sp³-hybridized carbons (Fsp3) is 0.263. The van der Waals surface area contributed by atoms with Crippen molar-refractivity contribution in [1.29, 1.82) is 0 Å². The molecule has 0 aliphatic rings. The maximum absolute atomic E-state index is 12.7. The largest absolute Gasteiger partial charge is 0.344 e. The molecule has 2 atom stereocenters. The minimum absolute atomic E-state index is 0.237. The molecule has 1 aromatic heterocycles. The SMILES string of the molecule is CCC(=O)NC(C(=O)NC(C=O)Cc1cccnc1)c1ccccc1. The molecule has 2 N–H and O–H groups in total. The molecule has 0 bridgehead atoms. The van der Waals surface area contributed by atoms with E-state index in [2.05, 4.69) is 15.6 Å². The highest BCUT2D eigenvalue weighted by molar-refractivity contribution is 5.90. The Bertz CT molecular complexity index is 704. The number of nitrogens with zero attached hydrogens (tertiary/aromatic N) is 1. The van der Waals surface area contributed by atoms with Gasteiger partial charge in [-0.05, 0) is 17.2 Å². The molecule has 6 heteroatoms. The number of hydrogen-bond donors (Lipinski definition) is 2. The summed E-state index contributed by atoms with van der Waals surface area (Å²) in [7, 11) is 0. The van der Waals surface area contributed by atoms with Crippen molar-refractivity contribution in [3.63, 3.8) is 0 Å². The zero-order chi connectivity index (χ0) is 18.1. The van der Waals surface area contributed by atoms with Gasteiger partial charge in [0.25, 0.3) is 0 Å². The van der Waals surface area contributed by atoms with E-state index in [0.29, 0.717) is 18.3 Å². The maximum Gasteiger partial charge on any atom is 0.247 e. The summed E-state index contributed by atoms with van der Waals surface area (Å²) in [6.45, 7) is 1.71. The lowest BCUT2D eigenvalue weighted by Crippen LogP contribution is -2.45. The van der Waals surface area contributed by atoms with Gasteiger partial charge >= 0.3 is 0 Å². The van der Waals surface area contributed by atoms with E-state index in [9.17, 15) is 14.4 Å². The first kappa shape index (κ1) is 18.3. The predicted molar refractivity (Wildman–Crippen MR) is 93.6 cm³/mol. The van der Waals surface area contributed by atoms with E-state index >= 15 is 0 Å². The number of amides is 2. The molecule has 0 aliphatic heterocycles. The van der Waals surface area contributed by atoms with Crippen LogP contribution >= 0.6 is 0 Å². The van der Waals surface area contributed by atoms with Crippen molar-refractivity contribution in [1.82, 2.24) is 15.6 Å². The van der Waals surface area contributed by atoms with E-state index in [-0.39, 0.29) is 12.3 Å². The Labute approximate surface area is 146 Å². The third-order valence-corrected chi connectivity index (χ3v) is 3.69. The summed E-state index contributed by atoms with van der Waals surface area (Å²) in [4.78, 5) is 39.8. The van der Waals surface area contributed by atoms with Crippen molar-refractivity contribution < 1.29 is 14.4 Å². The average molecular weight is 339 g/mol. The van der Waals surface area contributed by atoms with Crippen molar-refractivity contribution in [3.8, 4) is 0 Å². The van der Waals surface area contributed by atoms with Gasteiger partial charge in [0.2, 0.25) is 11.8 Å². The summed E-state index contributed by atoms with van der Waals surface area (Å²) < 4.78 is 0. The molecule has 130 valence electrons. The van der Waals surface area contributed by atoms with Crippen molar-refractivity contribution >= 4 is 18.1 Å². The van der Waals surface area contributed by atoms with Crippen molar-refractivity contribution in [2.24, 2.45) is 0 Å². The Hall–Kier alpha value is -3.02. The molecule has 1 heterocycles. The van der Waals surface area contributed by atoms with Crippen LogP contribution in [0.4, 0.5) is 0 Å². The average Bonchev–Trinajstić information content (AvgIpc) is 2.66. The van der Waals surface area contributed by atoms with Crippen LogP contribution in [0.15, 0.2) is 54.9 Å². The second-order valence-corrected chi connectivity index (χ2v) is 5.58. The minimum Gasteiger partial charge on any atom is -0.344 e. The van der Waals surface area contributed by atoms with Gasteiger partial charge in [0.1, 0.15) is 12.3 Å². The van der Waals surface area contributed by atoms with Crippen molar-refractivity contribution in [2.45, 2.75) is 31.8 Å². The first-order valence-electron chi connectivity index (χ1n) is 8.13. The first-order valence-corrected chi connectivity index (χ1v) is 8.13. The second-order valence-electron chi connectivity index (χ2n) is 5.58. The zero-order valence-electron chi connectivity index (χ0n) is 14.0. The molecule has 0 saturated heterocycles. The van der Waals surface area contributed by atoms with Crippen LogP contribution in [-0.2, 0) is 20.8 Å². The van der Waals surface area contributed by atoms with E-state index in [1.807, 2.05) is 12.1 Å².